The standard InChI is InChI=1S/C24H28F2N2O4S2/c25-24(26)13-16(14-24)22-27-20(18-3-1-2-4-19(18)23(29)30)21(33-22)15-5-7-17(8-6-15)28-9-11-34(31,32)12-10-28/h5-8,16,18-19H,1-4,9-14H2,(H,29,30). The Balaban J connectivity index is 1.46. The zero-order chi connectivity index (χ0) is 24.1. The Hall–Kier alpha value is -2.07. The van der Waals surface area contributed by atoms with E-state index < -0.39 is 27.6 Å². The van der Waals surface area contributed by atoms with Crippen LogP contribution in [0.4, 0.5) is 14.5 Å². The zero-order valence-corrected chi connectivity index (χ0v) is 20.4. The summed E-state index contributed by atoms with van der Waals surface area (Å²) in [6, 6.07) is 7.80. The lowest BCUT2D eigenvalue weighted by Gasteiger charge is -2.33. The first-order valence-corrected chi connectivity index (χ1v) is 14.4. The Morgan fingerprint density at radius 1 is 1.09 bits per heavy atom. The molecule has 1 aliphatic heterocycles. The third kappa shape index (κ3) is 4.71. The van der Waals surface area contributed by atoms with E-state index in [1.54, 1.807) is 0 Å². The van der Waals surface area contributed by atoms with Crippen LogP contribution in [0.25, 0.3) is 10.4 Å². The highest BCUT2D eigenvalue weighted by molar-refractivity contribution is 7.91. The number of sulfone groups is 1. The maximum atomic E-state index is 13.6. The molecule has 34 heavy (non-hydrogen) atoms. The molecule has 1 aromatic carbocycles. The Morgan fingerprint density at radius 2 is 1.74 bits per heavy atom. The largest absolute Gasteiger partial charge is 0.481 e. The molecule has 10 heteroatoms. The number of thiazole rings is 1. The van der Waals surface area contributed by atoms with Crippen LogP contribution in [-0.4, -0.2) is 55.0 Å². The number of anilines is 1. The van der Waals surface area contributed by atoms with Crippen LogP contribution < -0.4 is 4.90 Å². The molecule has 2 atom stereocenters. The molecule has 1 aromatic heterocycles. The van der Waals surface area contributed by atoms with Gasteiger partial charge in [0.2, 0.25) is 5.92 Å². The number of carbonyl (C=O) groups is 1. The molecule has 2 saturated carbocycles. The number of halogens is 2. The van der Waals surface area contributed by atoms with Crippen molar-refractivity contribution in [1.29, 1.82) is 0 Å². The lowest BCUT2D eigenvalue weighted by molar-refractivity contribution is -0.143. The van der Waals surface area contributed by atoms with Gasteiger partial charge in [-0.2, -0.15) is 0 Å². The van der Waals surface area contributed by atoms with E-state index in [-0.39, 0.29) is 36.2 Å². The molecule has 5 rings (SSSR count). The van der Waals surface area contributed by atoms with Crippen LogP contribution in [0, 0.1) is 5.92 Å². The first kappa shape index (κ1) is 23.7. The van der Waals surface area contributed by atoms with Crippen molar-refractivity contribution in [2.45, 2.75) is 56.3 Å². The van der Waals surface area contributed by atoms with Crippen molar-refractivity contribution in [2.75, 3.05) is 29.5 Å². The highest BCUT2D eigenvalue weighted by Gasteiger charge is 2.48. The van der Waals surface area contributed by atoms with Gasteiger partial charge < -0.3 is 10.0 Å². The summed E-state index contributed by atoms with van der Waals surface area (Å²) in [6.45, 7) is 0.909. The lowest BCUT2D eigenvalue weighted by atomic mass is 9.76. The molecule has 184 valence electrons. The fraction of sp³-hybridized carbons (Fsp3) is 0.583. The minimum Gasteiger partial charge on any atom is -0.481 e. The maximum absolute atomic E-state index is 13.6. The van der Waals surface area contributed by atoms with Crippen molar-refractivity contribution >= 4 is 32.8 Å². The molecule has 1 N–H and O–H groups in total. The molecule has 0 bridgehead atoms. The van der Waals surface area contributed by atoms with Crippen molar-refractivity contribution in [1.82, 2.24) is 4.98 Å². The van der Waals surface area contributed by atoms with E-state index in [9.17, 15) is 27.1 Å². The van der Waals surface area contributed by atoms with E-state index >= 15 is 0 Å². The van der Waals surface area contributed by atoms with Gasteiger partial charge in [-0.15, -0.1) is 11.3 Å². The summed E-state index contributed by atoms with van der Waals surface area (Å²) in [5.41, 5.74) is 2.57. The molecule has 3 aliphatic rings. The van der Waals surface area contributed by atoms with Gasteiger partial charge in [0.25, 0.3) is 0 Å². The number of nitrogens with zero attached hydrogens (tertiary/aromatic N) is 2. The van der Waals surface area contributed by atoms with E-state index in [4.69, 9.17) is 4.98 Å². The third-order valence-electron chi connectivity index (χ3n) is 7.38. The molecular formula is C24H28F2N2O4S2. The van der Waals surface area contributed by atoms with E-state index in [0.717, 1.165) is 41.1 Å². The summed E-state index contributed by atoms with van der Waals surface area (Å²) in [7, 11) is -2.97. The normalized spacial score (nSPS) is 26.7. The Morgan fingerprint density at radius 3 is 2.35 bits per heavy atom. The summed E-state index contributed by atoms with van der Waals surface area (Å²) >= 11 is 1.42. The van der Waals surface area contributed by atoms with Crippen molar-refractivity contribution < 1.29 is 27.1 Å². The molecule has 2 aromatic rings. The topological polar surface area (TPSA) is 87.6 Å². The number of hydrogen-bond acceptors (Lipinski definition) is 6. The van der Waals surface area contributed by atoms with Gasteiger partial charge in [-0.3, -0.25) is 4.79 Å². The van der Waals surface area contributed by atoms with E-state index in [2.05, 4.69) is 0 Å². The molecule has 2 unspecified atom stereocenters. The lowest BCUT2D eigenvalue weighted by Crippen LogP contribution is -2.40. The fourth-order valence-corrected chi connectivity index (χ4v) is 7.81. The first-order chi connectivity index (χ1) is 16.1. The number of alkyl halides is 2. The number of carboxylic acids is 1. The second-order valence-corrected chi connectivity index (χ2v) is 13.1. The summed E-state index contributed by atoms with van der Waals surface area (Å²) in [6.07, 6.45) is 2.72. The number of rotatable bonds is 5. The second kappa shape index (κ2) is 8.86. The average Bonchev–Trinajstić information content (AvgIpc) is 3.22. The van der Waals surface area contributed by atoms with Crippen molar-refractivity contribution in [3.63, 3.8) is 0 Å². The van der Waals surface area contributed by atoms with Gasteiger partial charge in [-0.1, -0.05) is 25.0 Å². The smallest absolute Gasteiger partial charge is 0.307 e. The molecule has 3 fully saturated rings. The van der Waals surface area contributed by atoms with Crippen LogP contribution in [0.1, 0.15) is 61.1 Å². The highest BCUT2D eigenvalue weighted by atomic mass is 32.2. The molecule has 0 amide bonds. The number of hydrogen-bond donors (Lipinski definition) is 1. The minimum atomic E-state index is -2.97. The van der Waals surface area contributed by atoms with E-state index in [0.29, 0.717) is 24.5 Å². The van der Waals surface area contributed by atoms with Crippen LogP contribution in [0.5, 0.6) is 0 Å². The Labute approximate surface area is 201 Å². The van der Waals surface area contributed by atoms with Gasteiger partial charge in [-0.25, -0.2) is 22.2 Å². The van der Waals surface area contributed by atoms with Crippen LogP contribution in [0.15, 0.2) is 24.3 Å². The van der Waals surface area contributed by atoms with Crippen LogP contribution >= 0.6 is 11.3 Å². The van der Waals surface area contributed by atoms with Gasteiger partial charge in [0.1, 0.15) is 0 Å². The predicted molar refractivity (Wildman–Crippen MR) is 128 cm³/mol. The van der Waals surface area contributed by atoms with Gasteiger partial charge in [0.15, 0.2) is 9.84 Å². The highest BCUT2D eigenvalue weighted by Crippen LogP contribution is 2.52. The summed E-state index contributed by atoms with van der Waals surface area (Å²) in [5.74, 6) is -4.21. The maximum Gasteiger partial charge on any atom is 0.307 e. The fourth-order valence-electron chi connectivity index (χ4n) is 5.37. The monoisotopic (exact) mass is 510 g/mol. The van der Waals surface area contributed by atoms with E-state index in [1.165, 1.54) is 11.3 Å². The van der Waals surface area contributed by atoms with Crippen LogP contribution in [0.3, 0.4) is 0 Å². The van der Waals surface area contributed by atoms with Gasteiger partial charge in [0.05, 0.1) is 33.0 Å². The SMILES string of the molecule is O=C(O)C1CCCCC1c1nc(C2CC(F)(F)C2)sc1-c1ccc(N2CCS(=O)(=O)CC2)cc1. The van der Waals surface area contributed by atoms with Crippen molar-refractivity contribution in [3.05, 3.63) is 35.0 Å². The zero-order valence-electron chi connectivity index (χ0n) is 18.8. The molecular weight excluding hydrogens is 482 g/mol. The molecule has 6 nitrogen and oxygen atoms in total. The molecule has 2 heterocycles. The number of aliphatic carboxylic acids is 1. The van der Waals surface area contributed by atoms with Crippen molar-refractivity contribution in [3.8, 4) is 10.4 Å². The third-order valence-corrected chi connectivity index (χ3v) is 10.3. The number of aromatic nitrogens is 1. The molecule has 0 spiro atoms. The molecule has 0 radical (unpaired) electrons. The van der Waals surface area contributed by atoms with E-state index in [1.807, 2.05) is 29.2 Å². The van der Waals surface area contributed by atoms with Crippen LogP contribution in [-0.2, 0) is 14.6 Å². The van der Waals surface area contributed by atoms with Gasteiger partial charge >= 0.3 is 5.97 Å². The van der Waals surface area contributed by atoms with Crippen molar-refractivity contribution in [2.24, 2.45) is 5.92 Å². The predicted octanol–water partition coefficient (Wildman–Crippen LogP) is 4.92. The average molecular weight is 511 g/mol. The molecule has 2 aliphatic carbocycles. The van der Waals surface area contributed by atoms with Crippen LogP contribution in [0.2, 0.25) is 0 Å². The second-order valence-electron chi connectivity index (χ2n) is 9.75. The van der Waals surface area contributed by atoms with Gasteiger partial charge in [0, 0.05) is 43.5 Å². The molecule has 1 saturated heterocycles. The Bertz CT molecular complexity index is 1160. The quantitative estimate of drug-likeness (QED) is 0.615. The number of benzene rings is 1. The summed E-state index contributed by atoms with van der Waals surface area (Å²) in [4.78, 5) is 19.7. The summed E-state index contributed by atoms with van der Waals surface area (Å²) in [5, 5.41) is 10.5. The minimum absolute atomic E-state index is 0.140. The first-order valence-electron chi connectivity index (χ1n) is 11.8. The number of carboxylic acid groups (broad SMARTS) is 1. The summed E-state index contributed by atoms with van der Waals surface area (Å²) < 4.78 is 50.6. The Kier molecular flexibility index (Phi) is 6.16. The van der Waals surface area contributed by atoms with Gasteiger partial charge in [-0.05, 0) is 30.5 Å².